The molecule has 1 aliphatic heterocycles. The standard InChI is InChI=1S/C14H20O3/c1-12(2)5-4-6-13(3)8-10(15)17-11(16)9-7-14(9,12)13/h9H,4-8H2,1-3H3/t9-,13-,14-/m0/s1. The van der Waals surface area contributed by atoms with Crippen LogP contribution >= 0.6 is 0 Å². The Kier molecular flexibility index (Phi) is 1.94. The Balaban J connectivity index is 2.10. The minimum Gasteiger partial charge on any atom is -0.393 e. The number of ether oxygens (including phenoxy) is 1. The van der Waals surface area contributed by atoms with Gasteiger partial charge in [0.05, 0.1) is 12.3 Å². The third kappa shape index (κ3) is 1.18. The summed E-state index contributed by atoms with van der Waals surface area (Å²) in [6.07, 6.45) is 4.69. The SMILES string of the molecule is CC1(C)CCC[C@@]2(C)CC(=O)OC(=O)[C@@H]3C[C@]312. The minimum absolute atomic E-state index is 0.0154. The maximum absolute atomic E-state index is 11.9. The molecule has 3 fully saturated rings. The quantitative estimate of drug-likeness (QED) is 0.480. The van der Waals surface area contributed by atoms with Gasteiger partial charge in [0.2, 0.25) is 0 Å². The molecule has 17 heavy (non-hydrogen) atoms. The fraction of sp³-hybridized carbons (Fsp3) is 0.857. The third-order valence-electron chi connectivity index (χ3n) is 5.81. The number of carbonyl (C=O) groups is 2. The molecule has 0 aromatic carbocycles. The van der Waals surface area contributed by atoms with Gasteiger partial charge in [-0.2, -0.15) is 0 Å². The van der Waals surface area contributed by atoms with Gasteiger partial charge in [-0.15, -0.1) is 0 Å². The summed E-state index contributed by atoms with van der Waals surface area (Å²) in [5.74, 6) is -0.621. The lowest BCUT2D eigenvalue weighted by atomic mass is 9.52. The zero-order chi connectivity index (χ0) is 12.5. The van der Waals surface area contributed by atoms with Crippen LogP contribution in [-0.4, -0.2) is 11.9 Å². The Morgan fingerprint density at radius 1 is 1.18 bits per heavy atom. The second kappa shape index (κ2) is 2.93. The van der Waals surface area contributed by atoms with E-state index in [4.69, 9.17) is 4.74 Å². The normalized spacial score (nSPS) is 47.6. The topological polar surface area (TPSA) is 43.4 Å². The van der Waals surface area contributed by atoms with E-state index in [0.29, 0.717) is 6.42 Å². The Labute approximate surface area is 102 Å². The van der Waals surface area contributed by atoms with Crippen LogP contribution in [-0.2, 0) is 14.3 Å². The number of hydrogen-bond acceptors (Lipinski definition) is 3. The monoisotopic (exact) mass is 236 g/mol. The summed E-state index contributed by atoms with van der Waals surface area (Å²) in [4.78, 5) is 23.6. The molecule has 3 atom stereocenters. The summed E-state index contributed by atoms with van der Waals surface area (Å²) in [7, 11) is 0. The molecule has 3 aliphatic rings. The summed E-state index contributed by atoms with van der Waals surface area (Å²) in [5, 5.41) is 0. The smallest absolute Gasteiger partial charge is 0.317 e. The Hall–Kier alpha value is -0.860. The zero-order valence-electron chi connectivity index (χ0n) is 10.8. The Morgan fingerprint density at radius 3 is 2.59 bits per heavy atom. The van der Waals surface area contributed by atoms with Gasteiger partial charge in [0.1, 0.15) is 0 Å². The second-order valence-corrected chi connectivity index (χ2v) is 7.00. The minimum atomic E-state index is -0.318. The molecular formula is C14H20O3. The van der Waals surface area contributed by atoms with Gasteiger partial charge in [0, 0.05) is 0 Å². The molecule has 0 amide bonds. The van der Waals surface area contributed by atoms with Crippen molar-refractivity contribution in [1.82, 2.24) is 0 Å². The van der Waals surface area contributed by atoms with Gasteiger partial charge < -0.3 is 4.74 Å². The van der Waals surface area contributed by atoms with E-state index in [9.17, 15) is 9.59 Å². The van der Waals surface area contributed by atoms with Crippen molar-refractivity contribution in [2.24, 2.45) is 22.2 Å². The molecule has 1 heterocycles. The molecule has 1 saturated heterocycles. The fourth-order valence-electron chi connectivity index (χ4n) is 4.93. The van der Waals surface area contributed by atoms with Crippen molar-refractivity contribution in [2.75, 3.05) is 0 Å². The molecule has 3 heteroatoms. The summed E-state index contributed by atoms with van der Waals surface area (Å²) in [5.41, 5.74) is 0.123. The lowest BCUT2D eigenvalue weighted by Crippen LogP contribution is -2.46. The van der Waals surface area contributed by atoms with E-state index in [-0.39, 0.29) is 34.1 Å². The number of carbonyl (C=O) groups excluding carboxylic acids is 2. The lowest BCUT2D eigenvalue weighted by molar-refractivity contribution is -0.160. The van der Waals surface area contributed by atoms with Gasteiger partial charge in [0.25, 0.3) is 0 Å². The first kappa shape index (κ1) is 11.2. The fourth-order valence-corrected chi connectivity index (χ4v) is 4.93. The van der Waals surface area contributed by atoms with Crippen LogP contribution in [0.5, 0.6) is 0 Å². The van der Waals surface area contributed by atoms with Crippen LogP contribution in [0.15, 0.2) is 0 Å². The highest BCUT2D eigenvalue weighted by Crippen LogP contribution is 2.78. The van der Waals surface area contributed by atoms with Gasteiger partial charge in [-0.05, 0) is 35.5 Å². The maximum atomic E-state index is 11.9. The predicted molar refractivity (Wildman–Crippen MR) is 62.0 cm³/mol. The summed E-state index contributed by atoms with van der Waals surface area (Å²) >= 11 is 0. The van der Waals surface area contributed by atoms with Gasteiger partial charge >= 0.3 is 11.9 Å². The number of cyclic esters (lactones) is 2. The molecule has 2 saturated carbocycles. The van der Waals surface area contributed by atoms with E-state index < -0.39 is 0 Å². The highest BCUT2D eigenvalue weighted by Gasteiger charge is 2.76. The largest absolute Gasteiger partial charge is 0.393 e. The molecule has 3 nitrogen and oxygen atoms in total. The van der Waals surface area contributed by atoms with Crippen LogP contribution in [0, 0.1) is 22.2 Å². The van der Waals surface area contributed by atoms with E-state index >= 15 is 0 Å². The number of rotatable bonds is 0. The lowest BCUT2D eigenvalue weighted by Gasteiger charge is -2.51. The molecule has 0 aromatic rings. The maximum Gasteiger partial charge on any atom is 0.317 e. The number of esters is 2. The van der Waals surface area contributed by atoms with Gasteiger partial charge in [-0.1, -0.05) is 27.2 Å². The van der Waals surface area contributed by atoms with Crippen molar-refractivity contribution >= 4 is 11.9 Å². The highest BCUT2D eigenvalue weighted by atomic mass is 16.6. The van der Waals surface area contributed by atoms with Crippen LogP contribution < -0.4 is 0 Å². The summed E-state index contributed by atoms with van der Waals surface area (Å²) in [6, 6.07) is 0. The van der Waals surface area contributed by atoms with Crippen molar-refractivity contribution in [3.05, 3.63) is 0 Å². The Bertz CT molecular complexity index is 412. The second-order valence-electron chi connectivity index (χ2n) is 7.00. The van der Waals surface area contributed by atoms with E-state index in [1.165, 1.54) is 0 Å². The van der Waals surface area contributed by atoms with Crippen molar-refractivity contribution in [3.63, 3.8) is 0 Å². The predicted octanol–water partition coefficient (Wildman–Crippen LogP) is 2.68. The molecule has 0 N–H and O–H groups in total. The molecule has 0 bridgehead atoms. The van der Waals surface area contributed by atoms with Crippen LogP contribution in [0.3, 0.4) is 0 Å². The molecule has 94 valence electrons. The van der Waals surface area contributed by atoms with Gasteiger partial charge in [-0.25, -0.2) is 0 Å². The van der Waals surface area contributed by atoms with E-state index in [0.717, 1.165) is 25.7 Å². The van der Waals surface area contributed by atoms with E-state index in [1.807, 2.05) is 0 Å². The molecule has 0 unspecified atom stereocenters. The van der Waals surface area contributed by atoms with Crippen molar-refractivity contribution in [2.45, 2.75) is 52.9 Å². The van der Waals surface area contributed by atoms with Crippen molar-refractivity contribution in [1.29, 1.82) is 0 Å². The van der Waals surface area contributed by atoms with Crippen LogP contribution in [0.2, 0.25) is 0 Å². The van der Waals surface area contributed by atoms with Gasteiger partial charge in [0.15, 0.2) is 0 Å². The first-order chi connectivity index (χ1) is 7.82. The molecule has 2 aliphatic carbocycles. The van der Waals surface area contributed by atoms with E-state index in [1.54, 1.807) is 0 Å². The van der Waals surface area contributed by atoms with Crippen LogP contribution in [0.4, 0.5) is 0 Å². The molecular weight excluding hydrogens is 216 g/mol. The van der Waals surface area contributed by atoms with Crippen LogP contribution in [0.1, 0.15) is 52.9 Å². The average molecular weight is 236 g/mol. The van der Waals surface area contributed by atoms with Crippen LogP contribution in [0.25, 0.3) is 0 Å². The first-order valence-electron chi connectivity index (χ1n) is 6.57. The van der Waals surface area contributed by atoms with Crippen molar-refractivity contribution < 1.29 is 14.3 Å². The molecule has 1 spiro atoms. The van der Waals surface area contributed by atoms with Gasteiger partial charge in [-0.3, -0.25) is 9.59 Å². The van der Waals surface area contributed by atoms with Crippen molar-refractivity contribution in [3.8, 4) is 0 Å². The third-order valence-corrected chi connectivity index (χ3v) is 5.81. The Morgan fingerprint density at radius 2 is 1.88 bits per heavy atom. The van der Waals surface area contributed by atoms with E-state index in [2.05, 4.69) is 20.8 Å². The number of hydrogen-bond donors (Lipinski definition) is 0. The molecule has 3 rings (SSSR count). The zero-order valence-corrected chi connectivity index (χ0v) is 10.8. The molecule has 0 radical (unpaired) electrons. The summed E-state index contributed by atoms with van der Waals surface area (Å²) in [6.45, 7) is 6.70. The highest BCUT2D eigenvalue weighted by molar-refractivity contribution is 5.91. The summed E-state index contributed by atoms with van der Waals surface area (Å²) < 4.78 is 4.93. The first-order valence-corrected chi connectivity index (χ1v) is 6.57. The average Bonchev–Trinajstić information content (AvgIpc) is 2.90. The molecule has 0 aromatic heterocycles.